The number of fused-ring (bicyclic) bond motifs is 2. The SMILES string of the molecule is O=C(CSc1nc2ccc(Cl)cc2o1)N1CCC[C@@H](c2nc3ccccc3s2)C1. The van der Waals surface area contributed by atoms with E-state index in [0.29, 0.717) is 27.5 Å². The third-order valence-electron chi connectivity index (χ3n) is 5.08. The van der Waals surface area contributed by atoms with Crippen molar-refractivity contribution in [1.82, 2.24) is 14.9 Å². The van der Waals surface area contributed by atoms with E-state index in [-0.39, 0.29) is 5.91 Å². The van der Waals surface area contributed by atoms with Crippen LogP contribution in [0.1, 0.15) is 23.8 Å². The summed E-state index contributed by atoms with van der Waals surface area (Å²) in [4.78, 5) is 23.9. The highest BCUT2D eigenvalue weighted by Crippen LogP contribution is 2.33. The first-order chi connectivity index (χ1) is 14.2. The Balaban J connectivity index is 1.24. The van der Waals surface area contributed by atoms with Gasteiger partial charge in [0.05, 0.1) is 21.0 Å². The van der Waals surface area contributed by atoms with Gasteiger partial charge >= 0.3 is 0 Å². The molecule has 2 aromatic carbocycles. The Morgan fingerprint density at radius 1 is 1.24 bits per heavy atom. The highest BCUT2D eigenvalue weighted by Gasteiger charge is 2.27. The average molecular weight is 444 g/mol. The lowest BCUT2D eigenvalue weighted by Crippen LogP contribution is -2.40. The number of aromatic nitrogens is 2. The number of oxazole rings is 1. The van der Waals surface area contributed by atoms with Crippen LogP contribution in [0.25, 0.3) is 21.3 Å². The van der Waals surface area contributed by atoms with Gasteiger partial charge in [0.1, 0.15) is 5.52 Å². The van der Waals surface area contributed by atoms with Crippen LogP contribution in [-0.2, 0) is 4.79 Å². The van der Waals surface area contributed by atoms with Crippen molar-refractivity contribution in [2.24, 2.45) is 0 Å². The van der Waals surface area contributed by atoms with Gasteiger partial charge in [-0.25, -0.2) is 9.97 Å². The molecule has 0 bridgehead atoms. The van der Waals surface area contributed by atoms with E-state index < -0.39 is 0 Å². The number of halogens is 1. The fraction of sp³-hybridized carbons (Fsp3) is 0.286. The molecule has 5 nitrogen and oxygen atoms in total. The molecular weight excluding hydrogens is 426 g/mol. The van der Waals surface area contributed by atoms with Gasteiger partial charge in [-0.1, -0.05) is 35.5 Å². The number of likely N-dealkylation sites (tertiary alicyclic amines) is 1. The number of hydrogen-bond acceptors (Lipinski definition) is 6. The summed E-state index contributed by atoms with van der Waals surface area (Å²) in [5, 5.41) is 2.23. The van der Waals surface area contributed by atoms with Crippen molar-refractivity contribution in [1.29, 1.82) is 0 Å². The number of benzene rings is 2. The van der Waals surface area contributed by atoms with Crippen molar-refractivity contribution in [3.63, 3.8) is 0 Å². The molecule has 1 aliphatic rings. The maximum Gasteiger partial charge on any atom is 0.257 e. The number of hydrogen-bond donors (Lipinski definition) is 0. The van der Waals surface area contributed by atoms with Crippen LogP contribution in [0.3, 0.4) is 0 Å². The molecule has 2 aromatic heterocycles. The van der Waals surface area contributed by atoms with E-state index in [1.807, 2.05) is 29.2 Å². The molecule has 0 N–H and O–H groups in total. The lowest BCUT2D eigenvalue weighted by atomic mass is 9.99. The quantitative estimate of drug-likeness (QED) is 0.385. The summed E-state index contributed by atoms with van der Waals surface area (Å²) in [7, 11) is 0. The molecule has 5 rings (SSSR count). The second kappa shape index (κ2) is 7.97. The van der Waals surface area contributed by atoms with E-state index >= 15 is 0 Å². The molecule has 0 unspecified atom stereocenters. The number of rotatable bonds is 4. The van der Waals surface area contributed by atoms with E-state index in [0.717, 1.165) is 42.0 Å². The molecule has 1 aliphatic heterocycles. The maximum absolute atomic E-state index is 12.8. The largest absolute Gasteiger partial charge is 0.431 e. The molecule has 29 heavy (non-hydrogen) atoms. The average Bonchev–Trinajstić information content (AvgIpc) is 3.35. The molecule has 148 valence electrons. The molecule has 8 heteroatoms. The Morgan fingerprint density at radius 3 is 3.03 bits per heavy atom. The second-order valence-corrected chi connectivity index (χ2v) is 9.50. The minimum atomic E-state index is 0.112. The number of amides is 1. The maximum atomic E-state index is 12.8. The molecule has 4 aromatic rings. The van der Waals surface area contributed by atoms with E-state index in [1.165, 1.54) is 16.5 Å². The summed E-state index contributed by atoms with van der Waals surface area (Å²) in [6, 6.07) is 13.5. The lowest BCUT2D eigenvalue weighted by molar-refractivity contribution is -0.129. The number of carbonyl (C=O) groups excluding carboxylic acids is 1. The van der Waals surface area contributed by atoms with Gasteiger partial charge in [-0.3, -0.25) is 4.79 Å². The zero-order chi connectivity index (χ0) is 19.8. The molecule has 1 saturated heterocycles. The van der Waals surface area contributed by atoms with Crippen molar-refractivity contribution in [2.75, 3.05) is 18.8 Å². The van der Waals surface area contributed by atoms with Crippen LogP contribution in [0.4, 0.5) is 0 Å². The van der Waals surface area contributed by atoms with E-state index in [1.54, 1.807) is 23.5 Å². The summed E-state index contributed by atoms with van der Waals surface area (Å²) in [5.41, 5.74) is 2.43. The molecule has 3 heterocycles. The predicted molar refractivity (Wildman–Crippen MR) is 118 cm³/mol. The van der Waals surface area contributed by atoms with Gasteiger partial charge in [0.15, 0.2) is 5.58 Å². The Labute approximate surface area is 181 Å². The van der Waals surface area contributed by atoms with Crippen LogP contribution in [0.2, 0.25) is 5.02 Å². The van der Waals surface area contributed by atoms with Crippen molar-refractivity contribution < 1.29 is 9.21 Å². The number of thiazole rings is 1. The number of para-hydroxylation sites is 1. The summed E-state index contributed by atoms with van der Waals surface area (Å²) >= 11 is 9.06. The van der Waals surface area contributed by atoms with Crippen molar-refractivity contribution >= 4 is 61.9 Å². The fourth-order valence-corrected chi connectivity index (χ4v) is 5.62. The molecule has 0 radical (unpaired) electrons. The van der Waals surface area contributed by atoms with Gasteiger partial charge in [-0.2, -0.15) is 0 Å². The summed E-state index contributed by atoms with van der Waals surface area (Å²) in [6.07, 6.45) is 2.07. The van der Waals surface area contributed by atoms with Crippen molar-refractivity contribution in [3.05, 3.63) is 52.5 Å². The normalized spacial score (nSPS) is 17.3. The highest BCUT2D eigenvalue weighted by molar-refractivity contribution is 7.99. The van der Waals surface area contributed by atoms with Gasteiger partial charge in [0, 0.05) is 30.1 Å². The van der Waals surface area contributed by atoms with Crippen molar-refractivity contribution in [2.45, 2.75) is 24.0 Å². The first-order valence-electron chi connectivity index (χ1n) is 9.48. The Hall–Kier alpha value is -2.09. The van der Waals surface area contributed by atoms with Gasteiger partial charge in [0.2, 0.25) is 5.91 Å². The topological polar surface area (TPSA) is 59.2 Å². The Kier molecular flexibility index (Phi) is 5.20. The summed E-state index contributed by atoms with van der Waals surface area (Å²) < 4.78 is 6.91. The number of thioether (sulfide) groups is 1. The van der Waals surface area contributed by atoms with E-state index in [2.05, 4.69) is 11.1 Å². The Bertz CT molecular complexity index is 1160. The molecule has 1 amide bonds. The lowest BCUT2D eigenvalue weighted by Gasteiger charge is -2.31. The summed E-state index contributed by atoms with van der Waals surface area (Å²) in [5.74, 6) is 0.732. The smallest absolute Gasteiger partial charge is 0.257 e. The zero-order valence-corrected chi connectivity index (χ0v) is 17.9. The monoisotopic (exact) mass is 443 g/mol. The first kappa shape index (κ1) is 18.9. The molecule has 0 spiro atoms. The molecular formula is C21H18ClN3O2S2. The van der Waals surface area contributed by atoms with Crippen LogP contribution in [0, 0.1) is 0 Å². The molecule has 1 atom stereocenters. The van der Waals surface area contributed by atoms with Crippen LogP contribution < -0.4 is 0 Å². The summed E-state index contributed by atoms with van der Waals surface area (Å²) in [6.45, 7) is 1.52. The zero-order valence-electron chi connectivity index (χ0n) is 15.5. The molecule has 1 fully saturated rings. The highest BCUT2D eigenvalue weighted by atomic mass is 35.5. The number of piperidine rings is 1. The van der Waals surface area contributed by atoms with Crippen LogP contribution in [0.15, 0.2) is 52.1 Å². The number of nitrogens with zero attached hydrogens (tertiary/aromatic N) is 3. The molecule has 0 saturated carbocycles. The second-order valence-electron chi connectivity index (χ2n) is 7.08. The third-order valence-corrected chi connectivity index (χ3v) is 7.33. The third kappa shape index (κ3) is 3.99. The van der Waals surface area contributed by atoms with Gasteiger partial charge < -0.3 is 9.32 Å². The predicted octanol–water partition coefficient (Wildman–Crippen LogP) is 5.59. The van der Waals surface area contributed by atoms with Gasteiger partial charge in [0.25, 0.3) is 5.22 Å². The first-order valence-corrected chi connectivity index (χ1v) is 11.7. The molecule has 0 aliphatic carbocycles. The van der Waals surface area contributed by atoms with Gasteiger partial charge in [-0.05, 0) is 37.1 Å². The fourth-order valence-electron chi connectivity index (χ4n) is 3.62. The van der Waals surface area contributed by atoms with Crippen LogP contribution in [-0.4, -0.2) is 39.6 Å². The van der Waals surface area contributed by atoms with Crippen LogP contribution >= 0.6 is 34.7 Å². The van der Waals surface area contributed by atoms with E-state index in [9.17, 15) is 4.79 Å². The van der Waals surface area contributed by atoms with Crippen LogP contribution in [0.5, 0.6) is 0 Å². The minimum absolute atomic E-state index is 0.112. The standard InChI is InChI=1S/C21H18ClN3O2S2/c22-14-7-8-15-17(10-14)27-21(24-15)28-12-19(26)25-9-3-4-13(11-25)20-23-16-5-1-2-6-18(16)29-20/h1-2,5-8,10,13H,3-4,9,11-12H2/t13-/m1/s1. The van der Waals surface area contributed by atoms with Crippen molar-refractivity contribution in [3.8, 4) is 0 Å². The Morgan fingerprint density at radius 2 is 2.14 bits per heavy atom. The van der Waals surface area contributed by atoms with Gasteiger partial charge in [-0.15, -0.1) is 11.3 Å². The number of carbonyl (C=O) groups is 1. The minimum Gasteiger partial charge on any atom is -0.431 e. The van der Waals surface area contributed by atoms with E-state index in [4.69, 9.17) is 21.0 Å².